The Morgan fingerprint density at radius 1 is 1.00 bits per heavy atom. The summed E-state index contributed by atoms with van der Waals surface area (Å²) >= 11 is 0. The summed E-state index contributed by atoms with van der Waals surface area (Å²) in [4.78, 5) is 12.4. The topological polar surface area (TPSA) is 52.9 Å². The number of phenolic OH excluding ortho intramolecular Hbond substituents is 1. The lowest BCUT2D eigenvalue weighted by Gasteiger charge is -2.10. The molecule has 3 rings (SSSR count). The number of benzene rings is 2. The molecule has 2 aromatic rings. The maximum absolute atomic E-state index is 13.3. The molecule has 1 aliphatic rings. The number of carbonyl (C=O) groups excluding carboxylic acids is 1. The summed E-state index contributed by atoms with van der Waals surface area (Å²) < 4.78 is 39.8. The average Bonchev–Trinajstić information content (AvgIpc) is 2.88. The second-order valence-electron chi connectivity index (χ2n) is 5.02. The van der Waals surface area contributed by atoms with E-state index in [1.807, 2.05) is 0 Å². The zero-order chi connectivity index (χ0) is 17.3. The SMILES string of the molecule is O=C1/C(=C\c2ccccc2O)C(C(F)(F)F)=NN1c1ccccc1. The second kappa shape index (κ2) is 5.84. The number of para-hydroxylation sites is 2. The van der Waals surface area contributed by atoms with Gasteiger partial charge >= 0.3 is 6.18 Å². The van der Waals surface area contributed by atoms with Crippen molar-refractivity contribution in [2.45, 2.75) is 6.18 Å². The van der Waals surface area contributed by atoms with Crippen LogP contribution in [0.4, 0.5) is 18.9 Å². The van der Waals surface area contributed by atoms with Gasteiger partial charge in [-0.25, -0.2) is 0 Å². The Labute approximate surface area is 135 Å². The molecule has 0 atom stereocenters. The lowest BCUT2D eigenvalue weighted by Crippen LogP contribution is -2.25. The molecule has 2 aromatic carbocycles. The Morgan fingerprint density at radius 2 is 1.62 bits per heavy atom. The molecule has 1 N–H and O–H groups in total. The highest BCUT2D eigenvalue weighted by molar-refractivity contribution is 6.34. The van der Waals surface area contributed by atoms with Crippen LogP contribution in [-0.2, 0) is 4.79 Å². The minimum absolute atomic E-state index is 0.104. The monoisotopic (exact) mass is 332 g/mol. The van der Waals surface area contributed by atoms with Crippen molar-refractivity contribution < 1.29 is 23.1 Å². The normalized spacial score (nSPS) is 16.6. The van der Waals surface area contributed by atoms with Gasteiger partial charge in [0.05, 0.1) is 11.3 Å². The highest BCUT2D eigenvalue weighted by Gasteiger charge is 2.46. The van der Waals surface area contributed by atoms with Crippen molar-refractivity contribution in [1.82, 2.24) is 0 Å². The van der Waals surface area contributed by atoms with Crippen LogP contribution in [0.15, 0.2) is 65.3 Å². The number of hydrogen-bond donors (Lipinski definition) is 1. The first-order valence-electron chi connectivity index (χ1n) is 6.93. The number of hydrogen-bond acceptors (Lipinski definition) is 3. The van der Waals surface area contributed by atoms with Gasteiger partial charge in [0.15, 0.2) is 5.71 Å². The molecule has 1 heterocycles. The summed E-state index contributed by atoms with van der Waals surface area (Å²) in [6, 6.07) is 13.6. The first kappa shape index (κ1) is 15.8. The summed E-state index contributed by atoms with van der Waals surface area (Å²) in [6.45, 7) is 0. The Bertz CT molecular complexity index is 842. The molecule has 0 radical (unpaired) electrons. The van der Waals surface area contributed by atoms with E-state index in [2.05, 4.69) is 5.10 Å². The minimum Gasteiger partial charge on any atom is -0.507 e. The molecule has 4 nitrogen and oxygen atoms in total. The van der Waals surface area contributed by atoms with Gasteiger partial charge < -0.3 is 5.11 Å². The van der Waals surface area contributed by atoms with Crippen molar-refractivity contribution in [2.24, 2.45) is 5.10 Å². The number of halogens is 3. The number of nitrogens with zero attached hydrogens (tertiary/aromatic N) is 2. The molecule has 7 heteroatoms. The van der Waals surface area contributed by atoms with E-state index in [0.717, 1.165) is 6.08 Å². The van der Waals surface area contributed by atoms with Crippen LogP contribution in [0, 0.1) is 0 Å². The molecule has 0 unspecified atom stereocenters. The van der Waals surface area contributed by atoms with E-state index < -0.39 is 23.4 Å². The Balaban J connectivity index is 2.10. The van der Waals surface area contributed by atoms with Gasteiger partial charge in [-0.05, 0) is 24.3 Å². The zero-order valence-corrected chi connectivity index (χ0v) is 12.2. The maximum Gasteiger partial charge on any atom is 0.435 e. The molecule has 122 valence electrons. The van der Waals surface area contributed by atoms with Crippen LogP contribution in [0.2, 0.25) is 0 Å². The van der Waals surface area contributed by atoms with E-state index in [4.69, 9.17) is 0 Å². The summed E-state index contributed by atoms with van der Waals surface area (Å²) in [7, 11) is 0. The van der Waals surface area contributed by atoms with Gasteiger partial charge in [0.2, 0.25) is 0 Å². The lowest BCUT2D eigenvalue weighted by atomic mass is 10.1. The quantitative estimate of drug-likeness (QED) is 0.852. The van der Waals surface area contributed by atoms with E-state index in [1.54, 1.807) is 24.3 Å². The van der Waals surface area contributed by atoms with Gasteiger partial charge in [-0.3, -0.25) is 4.79 Å². The fourth-order valence-electron chi connectivity index (χ4n) is 2.26. The third-order valence-electron chi connectivity index (χ3n) is 3.38. The van der Waals surface area contributed by atoms with Crippen molar-refractivity contribution in [2.75, 3.05) is 5.01 Å². The highest BCUT2D eigenvalue weighted by atomic mass is 19.4. The number of alkyl halides is 3. The van der Waals surface area contributed by atoms with Crippen molar-refractivity contribution >= 4 is 23.4 Å². The molecule has 24 heavy (non-hydrogen) atoms. The molecule has 0 fully saturated rings. The minimum atomic E-state index is -4.80. The van der Waals surface area contributed by atoms with Gasteiger partial charge in [-0.1, -0.05) is 36.4 Å². The number of rotatable bonds is 2. The third-order valence-corrected chi connectivity index (χ3v) is 3.38. The molecule has 0 saturated heterocycles. The average molecular weight is 332 g/mol. The van der Waals surface area contributed by atoms with E-state index in [9.17, 15) is 23.1 Å². The lowest BCUT2D eigenvalue weighted by molar-refractivity contribution is -0.114. The van der Waals surface area contributed by atoms with E-state index in [-0.39, 0.29) is 17.0 Å². The van der Waals surface area contributed by atoms with E-state index in [0.29, 0.717) is 5.01 Å². The maximum atomic E-state index is 13.3. The highest BCUT2D eigenvalue weighted by Crippen LogP contribution is 2.33. The molecule has 0 aromatic heterocycles. The summed E-state index contributed by atoms with van der Waals surface area (Å²) in [6.07, 6.45) is -3.80. The number of amides is 1. The summed E-state index contributed by atoms with van der Waals surface area (Å²) in [5.41, 5.74) is -1.58. The molecule has 1 amide bonds. The zero-order valence-electron chi connectivity index (χ0n) is 12.2. The van der Waals surface area contributed by atoms with E-state index in [1.165, 1.54) is 30.3 Å². The Kier molecular flexibility index (Phi) is 3.84. The first-order valence-corrected chi connectivity index (χ1v) is 6.93. The Hall–Kier alpha value is -3.09. The largest absolute Gasteiger partial charge is 0.507 e. The van der Waals surface area contributed by atoms with Crippen molar-refractivity contribution in [3.05, 3.63) is 65.7 Å². The van der Waals surface area contributed by atoms with Gasteiger partial charge in [-0.2, -0.15) is 23.3 Å². The number of anilines is 1. The van der Waals surface area contributed by atoms with Crippen LogP contribution in [0.3, 0.4) is 0 Å². The molecule has 1 aliphatic heterocycles. The molecule has 0 aliphatic carbocycles. The molecule has 0 spiro atoms. The van der Waals surface area contributed by atoms with E-state index >= 15 is 0 Å². The molecule has 0 bridgehead atoms. The fraction of sp³-hybridized carbons (Fsp3) is 0.0588. The van der Waals surface area contributed by atoms with Crippen molar-refractivity contribution in [1.29, 1.82) is 0 Å². The van der Waals surface area contributed by atoms with Crippen LogP contribution in [-0.4, -0.2) is 22.9 Å². The van der Waals surface area contributed by atoms with Crippen LogP contribution in [0.5, 0.6) is 5.75 Å². The first-order chi connectivity index (χ1) is 11.4. The van der Waals surface area contributed by atoms with Gasteiger partial charge in [0.25, 0.3) is 5.91 Å². The number of carbonyl (C=O) groups is 1. The third kappa shape index (κ3) is 2.88. The second-order valence-corrected chi connectivity index (χ2v) is 5.02. The number of aromatic hydroxyl groups is 1. The fourth-order valence-corrected chi connectivity index (χ4v) is 2.26. The predicted molar refractivity (Wildman–Crippen MR) is 83.5 cm³/mol. The predicted octanol–water partition coefficient (Wildman–Crippen LogP) is 3.74. The standard InChI is InChI=1S/C17H11F3N2O2/c18-17(19,20)15-13(10-11-6-4-5-9-14(11)23)16(24)22(21-15)12-7-2-1-3-8-12/h1-10,23H/b13-10-. The van der Waals surface area contributed by atoms with Gasteiger partial charge in [-0.15, -0.1) is 0 Å². The summed E-state index contributed by atoms with van der Waals surface area (Å²) in [5.74, 6) is -1.13. The number of hydrazone groups is 1. The molecule has 0 saturated carbocycles. The van der Waals surface area contributed by atoms with Crippen molar-refractivity contribution in [3.63, 3.8) is 0 Å². The van der Waals surface area contributed by atoms with Crippen molar-refractivity contribution in [3.8, 4) is 5.75 Å². The molecular weight excluding hydrogens is 321 g/mol. The number of phenols is 1. The summed E-state index contributed by atoms with van der Waals surface area (Å²) in [5, 5.41) is 13.9. The van der Waals surface area contributed by atoms with Crippen LogP contribution >= 0.6 is 0 Å². The van der Waals surface area contributed by atoms with Gasteiger partial charge in [0.1, 0.15) is 5.75 Å². The van der Waals surface area contributed by atoms with Crippen LogP contribution in [0.1, 0.15) is 5.56 Å². The van der Waals surface area contributed by atoms with Gasteiger partial charge in [0, 0.05) is 5.56 Å². The van der Waals surface area contributed by atoms with Crippen LogP contribution < -0.4 is 5.01 Å². The Morgan fingerprint density at radius 3 is 2.25 bits per heavy atom. The molecular formula is C17H11F3N2O2. The van der Waals surface area contributed by atoms with Crippen LogP contribution in [0.25, 0.3) is 6.08 Å². The smallest absolute Gasteiger partial charge is 0.435 e.